The van der Waals surface area contributed by atoms with E-state index in [4.69, 9.17) is 0 Å². The van der Waals surface area contributed by atoms with Crippen molar-refractivity contribution in [3.63, 3.8) is 0 Å². The Balaban J connectivity index is 1.89. The fourth-order valence-corrected chi connectivity index (χ4v) is 3.20. The van der Waals surface area contributed by atoms with Gasteiger partial charge in [0.25, 0.3) is 5.03 Å². The van der Waals surface area contributed by atoms with E-state index in [0.717, 1.165) is 11.2 Å². The van der Waals surface area contributed by atoms with Gasteiger partial charge in [-0.1, -0.05) is 37.3 Å². The third-order valence-electron chi connectivity index (χ3n) is 3.74. The monoisotopic (exact) mass is 330 g/mol. The topological polar surface area (TPSA) is 56.0 Å². The van der Waals surface area contributed by atoms with Crippen molar-refractivity contribution >= 4 is 17.7 Å². The molecular formula is C18H22N2O2S. The second-order valence-corrected chi connectivity index (χ2v) is 6.75. The summed E-state index contributed by atoms with van der Waals surface area (Å²) >= 11 is 1.27. The summed E-state index contributed by atoms with van der Waals surface area (Å²) in [4.78, 5) is 12.3. The molecule has 0 fully saturated rings. The quantitative estimate of drug-likeness (QED) is 0.482. The number of nitrogens with zero attached hydrogens (tertiary/aromatic N) is 1. The molecule has 0 bridgehead atoms. The fourth-order valence-electron chi connectivity index (χ4n) is 2.33. The van der Waals surface area contributed by atoms with Crippen molar-refractivity contribution in [2.45, 2.75) is 36.5 Å². The lowest BCUT2D eigenvalue weighted by Gasteiger charge is -2.18. The first-order chi connectivity index (χ1) is 11.1. The van der Waals surface area contributed by atoms with E-state index < -0.39 is 0 Å². The summed E-state index contributed by atoms with van der Waals surface area (Å²) in [5.74, 6) is 0.256. The minimum absolute atomic E-state index is 0.0479. The van der Waals surface area contributed by atoms with E-state index in [1.54, 1.807) is 18.2 Å². The van der Waals surface area contributed by atoms with E-state index in [-0.39, 0.29) is 11.2 Å². The van der Waals surface area contributed by atoms with Gasteiger partial charge in [-0.05, 0) is 36.7 Å². The lowest BCUT2D eigenvalue weighted by atomic mass is 9.96. The summed E-state index contributed by atoms with van der Waals surface area (Å²) in [5, 5.41) is 14.9. The lowest BCUT2D eigenvalue weighted by molar-refractivity contribution is -0.645. The first kappa shape index (κ1) is 17.3. The molecule has 2 atom stereocenters. The van der Waals surface area contributed by atoms with Crippen molar-refractivity contribution in [2.24, 2.45) is 0 Å². The molecule has 0 saturated heterocycles. The van der Waals surface area contributed by atoms with Crippen LogP contribution in [0.15, 0.2) is 59.8 Å². The molecular weight excluding hydrogens is 308 g/mol. The van der Waals surface area contributed by atoms with Crippen LogP contribution in [0.1, 0.15) is 31.7 Å². The highest BCUT2D eigenvalue weighted by atomic mass is 32.2. The van der Waals surface area contributed by atoms with Gasteiger partial charge in [0.1, 0.15) is 0 Å². The Hall–Kier alpha value is -2.01. The summed E-state index contributed by atoms with van der Waals surface area (Å²) < 4.78 is 0.785. The third-order valence-corrected chi connectivity index (χ3v) is 4.87. The van der Waals surface area contributed by atoms with Gasteiger partial charge in [-0.3, -0.25) is 4.79 Å². The largest absolute Gasteiger partial charge is 0.618 e. The number of rotatable bonds is 7. The number of nitrogens with one attached hydrogen (secondary N) is 1. The standard InChI is InChI=1S/C18H22N2O2S/c1-3-15(16-9-5-4-6-10-16)13-19-18(21)14(2)23-17-11-7-8-12-20(17)22/h4-12,14-15H,3,13H2,1-2H3,(H,19,21)/t14-,15-/m1/s1. The van der Waals surface area contributed by atoms with Gasteiger partial charge in [-0.2, -0.15) is 4.73 Å². The number of pyridine rings is 1. The summed E-state index contributed by atoms with van der Waals surface area (Å²) in [5.41, 5.74) is 1.23. The maximum atomic E-state index is 12.3. The highest BCUT2D eigenvalue weighted by Gasteiger charge is 2.19. The Labute approximate surface area is 141 Å². The molecule has 0 aliphatic rings. The molecule has 122 valence electrons. The van der Waals surface area contributed by atoms with Gasteiger partial charge < -0.3 is 10.5 Å². The number of amides is 1. The van der Waals surface area contributed by atoms with Crippen molar-refractivity contribution in [1.29, 1.82) is 0 Å². The molecule has 5 heteroatoms. The predicted molar refractivity (Wildman–Crippen MR) is 93.2 cm³/mol. The number of thioether (sulfide) groups is 1. The maximum absolute atomic E-state index is 12.3. The van der Waals surface area contributed by atoms with Gasteiger partial charge in [0.05, 0.1) is 5.25 Å². The lowest BCUT2D eigenvalue weighted by Crippen LogP contribution is -2.35. The SMILES string of the molecule is CC[C@H](CNC(=O)[C@@H](C)Sc1cccc[n+]1[O-])c1ccccc1. The average molecular weight is 330 g/mol. The van der Waals surface area contributed by atoms with Crippen molar-refractivity contribution in [2.75, 3.05) is 6.54 Å². The molecule has 1 amide bonds. The molecule has 2 rings (SSSR count). The smallest absolute Gasteiger partial charge is 0.252 e. The second kappa shape index (κ2) is 8.58. The van der Waals surface area contributed by atoms with E-state index in [1.807, 2.05) is 25.1 Å². The molecule has 1 N–H and O–H groups in total. The van der Waals surface area contributed by atoms with Crippen LogP contribution in [0.2, 0.25) is 0 Å². The first-order valence-electron chi connectivity index (χ1n) is 7.79. The second-order valence-electron chi connectivity index (χ2n) is 5.39. The molecule has 1 aromatic heterocycles. The normalized spacial score (nSPS) is 13.3. The predicted octanol–water partition coefficient (Wildman–Crippen LogP) is 3.11. The number of benzene rings is 1. The Kier molecular flexibility index (Phi) is 6.47. The van der Waals surface area contributed by atoms with Gasteiger partial charge in [0, 0.05) is 24.6 Å². The number of hydrogen-bond donors (Lipinski definition) is 1. The van der Waals surface area contributed by atoms with Crippen molar-refractivity contribution < 1.29 is 9.52 Å². The molecule has 1 aromatic carbocycles. The minimum Gasteiger partial charge on any atom is -0.618 e. The van der Waals surface area contributed by atoms with Crippen LogP contribution in [0.4, 0.5) is 0 Å². The third kappa shape index (κ3) is 4.99. The number of carbonyl (C=O) groups excluding carboxylic acids is 1. The van der Waals surface area contributed by atoms with Crippen LogP contribution >= 0.6 is 11.8 Å². The summed E-state index contributed by atoms with van der Waals surface area (Å²) in [6, 6.07) is 15.4. The minimum atomic E-state index is -0.314. The summed E-state index contributed by atoms with van der Waals surface area (Å²) in [6.07, 6.45) is 2.40. The van der Waals surface area contributed by atoms with Crippen LogP contribution in [0.25, 0.3) is 0 Å². The highest BCUT2D eigenvalue weighted by Crippen LogP contribution is 2.21. The zero-order valence-electron chi connectivity index (χ0n) is 13.4. The van der Waals surface area contributed by atoms with Crippen molar-refractivity contribution in [1.82, 2.24) is 5.32 Å². The van der Waals surface area contributed by atoms with Gasteiger partial charge >= 0.3 is 0 Å². The van der Waals surface area contributed by atoms with Crippen LogP contribution < -0.4 is 10.0 Å². The number of aromatic nitrogens is 1. The number of hydrogen-bond acceptors (Lipinski definition) is 3. The van der Waals surface area contributed by atoms with Gasteiger partial charge in [-0.15, -0.1) is 0 Å². The van der Waals surface area contributed by atoms with E-state index in [9.17, 15) is 10.0 Å². The molecule has 0 spiro atoms. The van der Waals surface area contributed by atoms with Crippen LogP contribution in [-0.2, 0) is 4.79 Å². The fraction of sp³-hybridized carbons (Fsp3) is 0.333. The summed E-state index contributed by atoms with van der Waals surface area (Å²) in [6.45, 7) is 4.54. The highest BCUT2D eigenvalue weighted by molar-refractivity contribution is 8.00. The van der Waals surface area contributed by atoms with Crippen molar-refractivity contribution in [3.8, 4) is 0 Å². The molecule has 0 unspecified atom stereocenters. The Bertz CT molecular complexity index is 634. The van der Waals surface area contributed by atoms with E-state index in [1.165, 1.54) is 23.5 Å². The van der Waals surface area contributed by atoms with Crippen LogP contribution in [0.3, 0.4) is 0 Å². The zero-order valence-corrected chi connectivity index (χ0v) is 14.3. The van der Waals surface area contributed by atoms with Gasteiger partial charge in [-0.25, -0.2) is 0 Å². The van der Waals surface area contributed by atoms with Crippen LogP contribution in [0, 0.1) is 5.21 Å². The molecule has 1 heterocycles. The van der Waals surface area contributed by atoms with Crippen LogP contribution in [0.5, 0.6) is 0 Å². The molecule has 4 nitrogen and oxygen atoms in total. The molecule has 0 saturated carbocycles. The van der Waals surface area contributed by atoms with E-state index >= 15 is 0 Å². The summed E-state index contributed by atoms with van der Waals surface area (Å²) in [7, 11) is 0. The number of carbonyl (C=O) groups is 1. The van der Waals surface area contributed by atoms with Gasteiger partial charge in [0.15, 0.2) is 6.20 Å². The zero-order chi connectivity index (χ0) is 16.7. The average Bonchev–Trinajstić information content (AvgIpc) is 2.58. The van der Waals surface area contributed by atoms with E-state index in [0.29, 0.717) is 17.5 Å². The van der Waals surface area contributed by atoms with E-state index in [2.05, 4.69) is 24.4 Å². The Morgan fingerprint density at radius 2 is 1.91 bits per heavy atom. The van der Waals surface area contributed by atoms with Crippen LogP contribution in [-0.4, -0.2) is 17.7 Å². The Morgan fingerprint density at radius 3 is 2.57 bits per heavy atom. The molecule has 0 radical (unpaired) electrons. The Morgan fingerprint density at radius 1 is 1.22 bits per heavy atom. The molecule has 2 aromatic rings. The van der Waals surface area contributed by atoms with Gasteiger partial charge in [0.2, 0.25) is 5.91 Å². The van der Waals surface area contributed by atoms with Crippen molar-refractivity contribution in [3.05, 3.63) is 65.5 Å². The molecule has 0 aliphatic heterocycles. The maximum Gasteiger partial charge on any atom is 0.252 e. The molecule has 0 aliphatic carbocycles. The molecule has 23 heavy (non-hydrogen) atoms. The first-order valence-corrected chi connectivity index (χ1v) is 8.67.